The van der Waals surface area contributed by atoms with E-state index >= 15 is 0 Å². The Bertz CT molecular complexity index is 217. The van der Waals surface area contributed by atoms with Crippen LogP contribution in [-0.4, -0.2) is 46.9 Å². The molecule has 3 N–H and O–H groups in total. The average Bonchev–Trinajstić information content (AvgIpc) is 2.51. The topological polar surface area (TPSA) is 118 Å². The van der Waals surface area contributed by atoms with E-state index < -0.39 is 12.4 Å². The van der Waals surface area contributed by atoms with Crippen LogP contribution in [0.3, 0.4) is 0 Å². The van der Waals surface area contributed by atoms with Crippen molar-refractivity contribution in [1.29, 1.82) is 0 Å². The summed E-state index contributed by atoms with van der Waals surface area (Å²) in [7, 11) is 0. The molecule has 0 aliphatic heterocycles. The summed E-state index contributed by atoms with van der Waals surface area (Å²) >= 11 is 0. The summed E-state index contributed by atoms with van der Waals surface area (Å²) in [6.45, 7) is 9.01. The predicted molar refractivity (Wildman–Crippen MR) is 95.5 cm³/mol. The van der Waals surface area contributed by atoms with E-state index in [1.807, 2.05) is 6.92 Å². The fraction of sp³-hybridized carbons (Fsp3) is 0.889. The molecule has 0 aromatic carbocycles. The minimum Gasteiger partial charge on any atom is -0.550 e. The third kappa shape index (κ3) is 69.1. The maximum absolute atomic E-state index is 10.4. The van der Waals surface area contributed by atoms with Crippen molar-refractivity contribution >= 4 is 11.8 Å². The summed E-state index contributed by atoms with van der Waals surface area (Å²) in [6.07, 6.45) is 6.72. The Morgan fingerprint density at radius 1 is 0.720 bits per heavy atom. The summed E-state index contributed by atoms with van der Waals surface area (Å²) in [6, 6.07) is 0. The Morgan fingerprint density at radius 2 is 1.04 bits per heavy atom. The number of rotatable bonds is 10. The molecule has 152 valence electrons. The third-order valence-electron chi connectivity index (χ3n) is 2.41. The summed E-state index contributed by atoms with van der Waals surface area (Å²) in [5, 5.41) is 34.0. The minimum absolute atomic E-state index is 0. The summed E-state index contributed by atoms with van der Waals surface area (Å²) in [4.78, 5) is 20.2. The molecule has 0 aromatic rings. The zero-order valence-corrected chi connectivity index (χ0v) is 18.1. The van der Waals surface area contributed by atoms with Crippen molar-refractivity contribution in [2.75, 3.05) is 19.8 Å². The van der Waals surface area contributed by atoms with Crippen LogP contribution in [0.15, 0.2) is 0 Å². The summed E-state index contributed by atoms with van der Waals surface area (Å²) in [5.41, 5.74) is 0. The van der Waals surface area contributed by atoms with E-state index in [2.05, 4.69) is 20.8 Å². The molecule has 7 heteroatoms. The maximum atomic E-state index is 10.4. The normalized spacial score (nSPS) is 8.28. The molecule has 0 aromatic heterocycles. The molecule has 0 heterocycles. The number of carboxylic acids is 1. The number of ketones is 1. The van der Waals surface area contributed by atoms with Crippen LogP contribution in [0.4, 0.5) is 0 Å². The van der Waals surface area contributed by atoms with Crippen LogP contribution in [-0.2, 0) is 31.3 Å². The van der Waals surface area contributed by atoms with Gasteiger partial charge in [-0.15, -0.1) is 0 Å². The van der Waals surface area contributed by atoms with Gasteiger partial charge in [-0.1, -0.05) is 47.0 Å². The van der Waals surface area contributed by atoms with Gasteiger partial charge in [-0.05, 0) is 25.7 Å². The van der Waals surface area contributed by atoms with Crippen LogP contribution in [0.1, 0.15) is 85.5 Å². The summed E-state index contributed by atoms with van der Waals surface area (Å²) < 4.78 is 0. The number of carbonyl (C=O) groups is 2. The van der Waals surface area contributed by atoms with E-state index in [1.165, 1.54) is 0 Å². The standard InChI is InChI=1S/C6H10O3.3C4H10O.Ti/c1-2-3-5(7)4-6(8)9;3*1-2-3-4-5;/h2-4H2,1H3,(H,8,9);3*5H,2-4H2,1H3;/p-1. The molecule has 0 bridgehead atoms. The number of unbranched alkanes of at least 4 members (excludes halogenated alkanes) is 3. The number of Topliss-reactive ketones (excluding diaryl/α,β-unsaturated/α-hetero) is 1. The van der Waals surface area contributed by atoms with Gasteiger partial charge in [0, 0.05) is 60.3 Å². The van der Waals surface area contributed by atoms with Gasteiger partial charge in [0.05, 0.1) is 0 Å². The predicted octanol–water partition coefficient (Wildman–Crippen LogP) is 1.83. The molecule has 0 aliphatic carbocycles. The van der Waals surface area contributed by atoms with Gasteiger partial charge in [0.25, 0.3) is 0 Å². The second-order valence-corrected chi connectivity index (χ2v) is 5.07. The van der Waals surface area contributed by atoms with Crippen molar-refractivity contribution < 1.29 is 51.7 Å². The number of hydrogen-bond acceptors (Lipinski definition) is 6. The molecule has 0 fully saturated rings. The van der Waals surface area contributed by atoms with Crippen LogP contribution in [0.5, 0.6) is 0 Å². The Hall–Kier alpha value is -0.266. The molecule has 0 spiro atoms. The zero-order valence-electron chi connectivity index (χ0n) is 16.6. The minimum atomic E-state index is -1.28. The molecule has 0 saturated heterocycles. The maximum Gasteiger partial charge on any atom is 0.138 e. The van der Waals surface area contributed by atoms with E-state index in [4.69, 9.17) is 15.3 Å². The van der Waals surface area contributed by atoms with Gasteiger partial charge in [0.15, 0.2) is 0 Å². The number of aliphatic carboxylic acids is 1. The fourth-order valence-corrected chi connectivity index (χ4v) is 1.00. The van der Waals surface area contributed by atoms with Crippen molar-refractivity contribution in [3.8, 4) is 0 Å². The SMILES string of the molecule is CCCC(=O)CC(=O)[O-].CCCCO.CCCCO.CCCCO.[Ti]. The monoisotopic (exact) mass is 399 g/mol. The molecule has 0 amide bonds. The van der Waals surface area contributed by atoms with Crippen LogP contribution < -0.4 is 5.11 Å². The van der Waals surface area contributed by atoms with Gasteiger partial charge in [-0.2, -0.15) is 0 Å². The van der Waals surface area contributed by atoms with E-state index in [1.54, 1.807) is 0 Å². The third-order valence-corrected chi connectivity index (χ3v) is 2.41. The Morgan fingerprint density at radius 3 is 1.16 bits per heavy atom. The average molecular weight is 399 g/mol. The molecule has 0 radical (unpaired) electrons. The smallest absolute Gasteiger partial charge is 0.138 e. The Kier molecular flexibility index (Phi) is 55.8. The van der Waals surface area contributed by atoms with Crippen LogP contribution >= 0.6 is 0 Å². The van der Waals surface area contributed by atoms with Crippen molar-refractivity contribution in [2.45, 2.75) is 85.5 Å². The number of aliphatic hydroxyl groups excluding tert-OH is 3. The van der Waals surface area contributed by atoms with Gasteiger partial charge in [0.1, 0.15) is 5.78 Å². The molecule has 0 unspecified atom stereocenters. The molecular weight excluding hydrogens is 360 g/mol. The van der Waals surface area contributed by atoms with E-state index in [-0.39, 0.29) is 27.5 Å². The molecule has 0 rings (SSSR count). The van der Waals surface area contributed by atoms with E-state index in [0.29, 0.717) is 32.7 Å². The summed E-state index contributed by atoms with van der Waals surface area (Å²) in [5.74, 6) is -1.54. The van der Waals surface area contributed by atoms with Gasteiger partial charge in [-0.25, -0.2) is 0 Å². The van der Waals surface area contributed by atoms with E-state index in [9.17, 15) is 14.7 Å². The second-order valence-electron chi connectivity index (χ2n) is 5.07. The largest absolute Gasteiger partial charge is 0.550 e. The molecule has 25 heavy (non-hydrogen) atoms. The molecule has 0 saturated carbocycles. The number of hydrogen-bond donors (Lipinski definition) is 3. The van der Waals surface area contributed by atoms with Crippen molar-refractivity contribution in [2.24, 2.45) is 0 Å². The number of carbonyl (C=O) groups excluding carboxylic acids is 2. The number of aliphatic hydroxyl groups is 3. The molecule has 6 nitrogen and oxygen atoms in total. The first-order chi connectivity index (χ1) is 11.4. The molecule has 0 atom stereocenters. The quantitative estimate of drug-likeness (QED) is 0.381. The van der Waals surface area contributed by atoms with Crippen LogP contribution in [0.2, 0.25) is 0 Å². The van der Waals surface area contributed by atoms with Gasteiger partial charge < -0.3 is 25.2 Å². The van der Waals surface area contributed by atoms with Gasteiger partial charge in [0.2, 0.25) is 0 Å². The first-order valence-corrected chi connectivity index (χ1v) is 8.95. The first kappa shape index (κ1) is 35.8. The van der Waals surface area contributed by atoms with Crippen molar-refractivity contribution in [3.63, 3.8) is 0 Å². The van der Waals surface area contributed by atoms with Crippen molar-refractivity contribution in [3.05, 3.63) is 0 Å². The second kappa shape index (κ2) is 39.0. The Labute approximate surface area is 168 Å². The van der Waals surface area contributed by atoms with Crippen LogP contribution in [0, 0.1) is 0 Å². The molecular formula is C18H39O6Ti-. The van der Waals surface area contributed by atoms with Gasteiger partial charge in [-0.3, -0.25) is 4.79 Å². The van der Waals surface area contributed by atoms with Crippen molar-refractivity contribution in [1.82, 2.24) is 0 Å². The zero-order chi connectivity index (χ0) is 19.6. The number of carboxylic acid groups (broad SMARTS) is 1. The van der Waals surface area contributed by atoms with Gasteiger partial charge >= 0.3 is 0 Å². The Balaban J connectivity index is -0.0000000733. The van der Waals surface area contributed by atoms with E-state index in [0.717, 1.165) is 38.5 Å². The van der Waals surface area contributed by atoms with Crippen LogP contribution in [0.25, 0.3) is 0 Å². The fourth-order valence-electron chi connectivity index (χ4n) is 1.00. The first-order valence-electron chi connectivity index (χ1n) is 8.95. The molecule has 0 aliphatic rings.